The lowest BCUT2D eigenvalue weighted by molar-refractivity contribution is -0.124. The van der Waals surface area contributed by atoms with Gasteiger partial charge in [-0.1, -0.05) is 108 Å². The van der Waals surface area contributed by atoms with E-state index >= 15 is 0 Å². The summed E-state index contributed by atoms with van der Waals surface area (Å²) in [5.41, 5.74) is 11.1. The van der Waals surface area contributed by atoms with Gasteiger partial charge in [0.05, 0.1) is 0 Å². The number of phenols is 1. The minimum absolute atomic E-state index is 0.0981. The smallest absolute Gasteiger partial charge is 0.238 e. The number of ether oxygens (including phenoxy) is 1. The molecule has 1 aliphatic rings. The molecule has 0 fully saturated rings. The van der Waals surface area contributed by atoms with Gasteiger partial charge in [0.2, 0.25) is 12.3 Å². The summed E-state index contributed by atoms with van der Waals surface area (Å²) >= 11 is 0. The Balaban J connectivity index is 0.000000411. The van der Waals surface area contributed by atoms with Crippen LogP contribution in [0.5, 0.6) is 11.5 Å². The molecular formula is C36H58N2O4. The third kappa shape index (κ3) is 9.78. The van der Waals surface area contributed by atoms with Crippen LogP contribution in [0.15, 0.2) is 24.3 Å². The third-order valence-electron chi connectivity index (χ3n) is 7.20. The van der Waals surface area contributed by atoms with Gasteiger partial charge in [-0.2, -0.15) is 0 Å². The number of hydrogen-bond donors (Lipinski definition) is 3. The Labute approximate surface area is 256 Å². The van der Waals surface area contributed by atoms with Gasteiger partial charge in [-0.3, -0.25) is 20.4 Å². The number of phenolic OH excluding ortho intramolecular Hbond substituents is 1. The molecule has 1 aliphatic heterocycles. The summed E-state index contributed by atoms with van der Waals surface area (Å²) < 4.78 is 5.96. The molecule has 236 valence electrons. The van der Waals surface area contributed by atoms with Crippen molar-refractivity contribution < 1.29 is 19.4 Å². The van der Waals surface area contributed by atoms with Crippen molar-refractivity contribution >= 4 is 12.3 Å². The fourth-order valence-electron chi connectivity index (χ4n) is 4.91. The van der Waals surface area contributed by atoms with Crippen molar-refractivity contribution in [3.8, 4) is 11.5 Å². The van der Waals surface area contributed by atoms with Crippen LogP contribution in [0, 0.1) is 0 Å². The second-order valence-electron chi connectivity index (χ2n) is 14.5. The van der Waals surface area contributed by atoms with E-state index in [0.717, 1.165) is 28.9 Å². The van der Waals surface area contributed by atoms with Crippen LogP contribution in [0.4, 0.5) is 0 Å². The molecule has 2 aromatic rings. The second-order valence-corrected chi connectivity index (χ2v) is 14.5. The van der Waals surface area contributed by atoms with Crippen molar-refractivity contribution in [2.45, 2.75) is 144 Å². The number of carbonyl (C=O) groups is 2. The van der Waals surface area contributed by atoms with E-state index in [4.69, 9.17) is 4.74 Å². The van der Waals surface area contributed by atoms with Gasteiger partial charge in [0.1, 0.15) is 17.1 Å². The lowest BCUT2D eigenvalue weighted by atomic mass is 9.78. The second kappa shape index (κ2) is 14.4. The number of fused-ring (bicyclic) bond motifs is 1. The van der Waals surface area contributed by atoms with Crippen LogP contribution in [-0.4, -0.2) is 17.4 Å². The number of benzene rings is 2. The van der Waals surface area contributed by atoms with Gasteiger partial charge in [0.25, 0.3) is 0 Å². The van der Waals surface area contributed by atoms with E-state index in [1.54, 1.807) is 0 Å². The van der Waals surface area contributed by atoms with E-state index < -0.39 is 0 Å². The van der Waals surface area contributed by atoms with Crippen LogP contribution in [-0.2, 0) is 44.3 Å². The average molecular weight is 583 g/mol. The van der Waals surface area contributed by atoms with Crippen molar-refractivity contribution in [1.82, 2.24) is 10.9 Å². The van der Waals surface area contributed by atoms with Crippen LogP contribution in [0.3, 0.4) is 0 Å². The van der Waals surface area contributed by atoms with Gasteiger partial charge < -0.3 is 9.84 Å². The Morgan fingerprint density at radius 1 is 0.833 bits per heavy atom. The number of hydrazine groups is 1. The van der Waals surface area contributed by atoms with Gasteiger partial charge in [0, 0.05) is 17.5 Å². The van der Waals surface area contributed by atoms with Crippen LogP contribution >= 0.6 is 0 Å². The van der Waals surface area contributed by atoms with E-state index in [-0.39, 0.29) is 34.2 Å². The van der Waals surface area contributed by atoms with Gasteiger partial charge in [-0.25, -0.2) is 0 Å². The first-order chi connectivity index (χ1) is 19.2. The standard InChI is InChI=1S/C18H28N2O3.C16H24O.C2H6/c1-17(2,3)13-9-12(7-8-15(22)20-19-11-21)10-14(16(13)23)18(4,5)6;1-7-8-11-9-12(15(2,3)4)14-13(10-11)16(5,6)17-14;1-2/h9-11,23H,7-8H2,1-6H3,(H,19,21)(H,20,22);9-10H,7-8H2,1-6H3;1-2H3. The summed E-state index contributed by atoms with van der Waals surface area (Å²) in [5, 5.41) is 10.6. The first-order valence-corrected chi connectivity index (χ1v) is 15.4. The Hall–Kier alpha value is -3.02. The number of rotatable bonds is 7. The molecule has 0 bridgehead atoms. The SMILES string of the molecule is CC.CC(C)(C)c1cc(CCC(=O)NNC=O)cc(C(C)(C)C)c1O.CCCc1cc(C(C)(C)C)c2c(c1)C(C)(C)O2. The van der Waals surface area contributed by atoms with E-state index in [9.17, 15) is 14.7 Å². The van der Waals surface area contributed by atoms with Crippen LogP contribution in [0.25, 0.3) is 0 Å². The lowest BCUT2D eigenvalue weighted by Gasteiger charge is -2.42. The zero-order valence-corrected chi connectivity index (χ0v) is 28.9. The maximum absolute atomic E-state index is 11.6. The molecule has 0 spiro atoms. The quantitative estimate of drug-likeness (QED) is 0.226. The molecule has 0 saturated heterocycles. The van der Waals surface area contributed by atoms with Crippen molar-refractivity contribution in [2.75, 3.05) is 0 Å². The fraction of sp³-hybridized carbons (Fsp3) is 0.611. The summed E-state index contributed by atoms with van der Waals surface area (Å²) in [6.07, 6.45) is 3.58. The molecule has 3 N–H and O–H groups in total. The third-order valence-corrected chi connectivity index (χ3v) is 7.20. The fourth-order valence-corrected chi connectivity index (χ4v) is 4.91. The van der Waals surface area contributed by atoms with Crippen LogP contribution < -0.4 is 15.6 Å². The normalized spacial score (nSPS) is 13.6. The molecule has 6 nitrogen and oxygen atoms in total. The summed E-state index contributed by atoms with van der Waals surface area (Å²) in [4.78, 5) is 21.8. The monoisotopic (exact) mass is 582 g/mol. The molecule has 1 heterocycles. The molecular weight excluding hydrogens is 524 g/mol. The molecule has 0 aromatic heterocycles. The number of hydrogen-bond acceptors (Lipinski definition) is 4. The highest BCUT2D eigenvalue weighted by Gasteiger charge is 2.40. The highest BCUT2D eigenvalue weighted by molar-refractivity contribution is 5.77. The van der Waals surface area contributed by atoms with Crippen molar-refractivity contribution in [1.29, 1.82) is 0 Å². The molecule has 0 radical (unpaired) electrons. The lowest BCUT2D eigenvalue weighted by Crippen LogP contribution is -2.37. The number of nitrogens with one attached hydrogen (secondary N) is 2. The average Bonchev–Trinajstić information content (AvgIpc) is 2.86. The minimum Gasteiger partial charge on any atom is -0.507 e. The van der Waals surface area contributed by atoms with Gasteiger partial charge >= 0.3 is 0 Å². The Kier molecular flexibility index (Phi) is 12.7. The van der Waals surface area contributed by atoms with E-state index in [0.29, 0.717) is 18.6 Å². The van der Waals surface area contributed by atoms with Crippen molar-refractivity contribution in [3.05, 3.63) is 57.6 Å². The Morgan fingerprint density at radius 3 is 1.69 bits per heavy atom. The number of aromatic hydroxyl groups is 1. The molecule has 0 unspecified atom stereocenters. The molecule has 0 saturated carbocycles. The first-order valence-electron chi connectivity index (χ1n) is 15.4. The predicted octanol–water partition coefficient (Wildman–Crippen LogP) is 8.29. The maximum Gasteiger partial charge on any atom is 0.238 e. The number of carbonyl (C=O) groups excluding carboxylic acids is 2. The van der Waals surface area contributed by atoms with E-state index in [1.807, 2.05) is 26.0 Å². The molecule has 42 heavy (non-hydrogen) atoms. The Morgan fingerprint density at radius 2 is 1.29 bits per heavy atom. The van der Waals surface area contributed by atoms with Crippen LogP contribution in [0.1, 0.15) is 143 Å². The largest absolute Gasteiger partial charge is 0.507 e. The zero-order valence-electron chi connectivity index (χ0n) is 28.9. The summed E-state index contributed by atoms with van der Waals surface area (Å²) in [6.45, 7) is 29.6. The van der Waals surface area contributed by atoms with E-state index in [1.165, 1.54) is 23.1 Å². The molecule has 0 atom stereocenters. The first kappa shape index (κ1) is 37.0. The summed E-state index contributed by atoms with van der Waals surface area (Å²) in [7, 11) is 0. The topological polar surface area (TPSA) is 87.7 Å². The van der Waals surface area contributed by atoms with E-state index in [2.05, 4.69) is 106 Å². The van der Waals surface area contributed by atoms with Crippen LogP contribution in [0.2, 0.25) is 0 Å². The van der Waals surface area contributed by atoms with Gasteiger partial charge in [0.15, 0.2) is 0 Å². The minimum atomic E-state index is -0.250. The van der Waals surface area contributed by atoms with Crippen molar-refractivity contribution in [3.63, 3.8) is 0 Å². The highest BCUT2D eigenvalue weighted by atomic mass is 16.5. The zero-order chi connectivity index (χ0) is 32.7. The molecule has 2 amide bonds. The molecule has 2 aromatic carbocycles. The summed E-state index contributed by atoms with van der Waals surface area (Å²) in [6, 6.07) is 8.59. The number of amides is 2. The summed E-state index contributed by atoms with van der Waals surface area (Å²) in [5.74, 6) is 1.21. The Bertz CT molecular complexity index is 1170. The molecule has 3 rings (SSSR count). The highest BCUT2D eigenvalue weighted by Crippen LogP contribution is 2.49. The van der Waals surface area contributed by atoms with Gasteiger partial charge in [-0.15, -0.1) is 0 Å². The number of aryl methyl sites for hydroxylation is 2. The maximum atomic E-state index is 11.6. The molecule has 6 heteroatoms. The predicted molar refractivity (Wildman–Crippen MR) is 175 cm³/mol. The van der Waals surface area contributed by atoms with Gasteiger partial charge in [-0.05, 0) is 71.3 Å². The molecule has 0 aliphatic carbocycles. The van der Waals surface area contributed by atoms with Crippen molar-refractivity contribution in [2.24, 2.45) is 0 Å².